The topological polar surface area (TPSA) is 62.6 Å². The fraction of sp³-hybridized carbons (Fsp3) is 0.375. The van der Waals surface area contributed by atoms with Gasteiger partial charge in [-0.15, -0.1) is 0 Å². The van der Waals surface area contributed by atoms with Crippen LogP contribution < -0.4 is 4.74 Å². The Morgan fingerprint density at radius 2 is 2.14 bits per heavy atom. The van der Waals surface area contributed by atoms with Crippen molar-refractivity contribution >= 4 is 5.97 Å². The molecule has 0 bridgehead atoms. The lowest BCUT2D eigenvalue weighted by Gasteiger charge is -2.12. The monoisotopic (exact) mass is 302 g/mol. The van der Waals surface area contributed by atoms with Crippen molar-refractivity contribution in [3.8, 4) is 11.4 Å². The second-order valence-corrected chi connectivity index (χ2v) is 4.91. The molecule has 1 aliphatic heterocycles. The van der Waals surface area contributed by atoms with Crippen LogP contribution in [0.5, 0.6) is 5.75 Å². The number of carbonyl (C=O) groups is 1. The zero-order valence-electron chi connectivity index (χ0n) is 12.7. The third kappa shape index (κ3) is 2.57. The largest absolute Gasteiger partial charge is 0.497 e. The summed E-state index contributed by atoms with van der Waals surface area (Å²) in [6.45, 7) is 3.12. The average Bonchev–Trinajstić information content (AvgIpc) is 2.94. The fourth-order valence-corrected chi connectivity index (χ4v) is 2.51. The molecule has 0 aliphatic carbocycles. The van der Waals surface area contributed by atoms with Gasteiger partial charge in [-0.05, 0) is 31.2 Å². The van der Waals surface area contributed by atoms with Crippen LogP contribution in [0.15, 0.2) is 24.3 Å². The molecule has 1 aromatic heterocycles. The van der Waals surface area contributed by atoms with Gasteiger partial charge in [0.25, 0.3) is 0 Å². The first-order chi connectivity index (χ1) is 10.7. The molecular formula is C16H18N2O4. The van der Waals surface area contributed by atoms with Crippen LogP contribution in [0.2, 0.25) is 0 Å². The quantitative estimate of drug-likeness (QED) is 0.810. The van der Waals surface area contributed by atoms with Crippen molar-refractivity contribution in [2.24, 2.45) is 0 Å². The van der Waals surface area contributed by atoms with Crippen LogP contribution in [0.3, 0.4) is 0 Å². The molecule has 2 aromatic rings. The van der Waals surface area contributed by atoms with Crippen LogP contribution in [0.1, 0.15) is 28.7 Å². The number of carbonyl (C=O) groups excluding carboxylic acids is 1. The van der Waals surface area contributed by atoms with Crippen molar-refractivity contribution in [3.05, 3.63) is 41.2 Å². The summed E-state index contributed by atoms with van der Waals surface area (Å²) in [5, 5.41) is 4.57. The maximum absolute atomic E-state index is 12.3. The van der Waals surface area contributed by atoms with Crippen LogP contribution in [-0.2, 0) is 22.5 Å². The number of ether oxygens (including phenoxy) is 3. The van der Waals surface area contributed by atoms with E-state index in [4.69, 9.17) is 14.2 Å². The van der Waals surface area contributed by atoms with Gasteiger partial charge in [-0.1, -0.05) is 0 Å². The molecule has 2 heterocycles. The third-order valence-corrected chi connectivity index (χ3v) is 3.58. The van der Waals surface area contributed by atoms with Gasteiger partial charge in [-0.3, -0.25) is 0 Å². The number of nitrogens with zero attached hydrogens (tertiary/aromatic N) is 2. The van der Waals surface area contributed by atoms with Gasteiger partial charge < -0.3 is 14.2 Å². The second kappa shape index (κ2) is 6.19. The SMILES string of the molecule is CCOC(=O)c1c2c(nn1-c1ccc(OC)cc1)CCOC2. The Balaban J connectivity index is 2.08. The summed E-state index contributed by atoms with van der Waals surface area (Å²) in [5.41, 5.74) is 2.95. The van der Waals surface area contributed by atoms with Crippen LogP contribution in [-0.4, -0.2) is 36.1 Å². The summed E-state index contributed by atoms with van der Waals surface area (Å²) in [5.74, 6) is 0.374. The molecule has 0 N–H and O–H groups in total. The first kappa shape index (κ1) is 14.6. The lowest BCUT2D eigenvalue weighted by atomic mass is 10.1. The van der Waals surface area contributed by atoms with Crippen molar-refractivity contribution in [1.82, 2.24) is 9.78 Å². The molecule has 0 fully saturated rings. The smallest absolute Gasteiger partial charge is 0.357 e. The van der Waals surface area contributed by atoms with Gasteiger partial charge in [-0.2, -0.15) is 5.10 Å². The van der Waals surface area contributed by atoms with Gasteiger partial charge in [0, 0.05) is 12.0 Å². The molecule has 6 heteroatoms. The van der Waals surface area contributed by atoms with E-state index in [2.05, 4.69) is 5.10 Å². The van der Waals surface area contributed by atoms with Crippen molar-refractivity contribution < 1.29 is 19.0 Å². The minimum atomic E-state index is -0.377. The molecule has 0 amide bonds. The molecule has 1 aromatic carbocycles. The molecule has 0 atom stereocenters. The number of benzene rings is 1. The normalized spacial score (nSPS) is 13.5. The van der Waals surface area contributed by atoms with Crippen LogP contribution in [0.4, 0.5) is 0 Å². The van der Waals surface area contributed by atoms with Crippen molar-refractivity contribution in [2.45, 2.75) is 20.0 Å². The summed E-state index contributed by atoms with van der Waals surface area (Å²) in [6.07, 6.45) is 0.699. The number of fused-ring (bicyclic) bond motifs is 1. The van der Waals surface area contributed by atoms with Crippen LogP contribution in [0, 0.1) is 0 Å². The Labute approximate surface area is 128 Å². The van der Waals surface area contributed by atoms with E-state index in [1.54, 1.807) is 18.7 Å². The van der Waals surface area contributed by atoms with Crippen molar-refractivity contribution in [1.29, 1.82) is 0 Å². The molecule has 0 unspecified atom stereocenters. The van der Waals surface area contributed by atoms with Crippen molar-refractivity contribution in [3.63, 3.8) is 0 Å². The predicted molar refractivity (Wildman–Crippen MR) is 79.4 cm³/mol. The maximum atomic E-state index is 12.3. The third-order valence-electron chi connectivity index (χ3n) is 3.58. The first-order valence-electron chi connectivity index (χ1n) is 7.24. The van der Waals surface area contributed by atoms with Crippen LogP contribution >= 0.6 is 0 Å². The van der Waals surface area contributed by atoms with E-state index in [1.807, 2.05) is 24.3 Å². The molecule has 116 valence electrons. The molecule has 0 saturated heterocycles. The Morgan fingerprint density at radius 1 is 1.36 bits per heavy atom. The highest BCUT2D eigenvalue weighted by Crippen LogP contribution is 2.25. The molecule has 0 radical (unpaired) electrons. The Bertz CT molecular complexity index is 676. The number of aromatic nitrogens is 2. The summed E-state index contributed by atoms with van der Waals surface area (Å²) < 4.78 is 17.4. The minimum Gasteiger partial charge on any atom is -0.497 e. The van der Waals surface area contributed by atoms with E-state index in [-0.39, 0.29) is 5.97 Å². The van der Waals surface area contributed by atoms with E-state index < -0.39 is 0 Å². The summed E-state index contributed by atoms with van der Waals surface area (Å²) in [4.78, 5) is 12.3. The van der Waals surface area contributed by atoms with E-state index in [9.17, 15) is 4.79 Å². The number of rotatable bonds is 4. The van der Waals surface area contributed by atoms with Gasteiger partial charge in [0.2, 0.25) is 0 Å². The molecule has 0 saturated carbocycles. The standard InChI is InChI=1S/C16H18N2O4/c1-3-22-16(19)15-13-10-21-9-8-14(13)17-18(15)11-4-6-12(20-2)7-5-11/h4-7H,3,8-10H2,1-2H3. The highest BCUT2D eigenvalue weighted by molar-refractivity contribution is 5.90. The highest BCUT2D eigenvalue weighted by Gasteiger charge is 2.27. The fourth-order valence-electron chi connectivity index (χ4n) is 2.51. The van der Waals surface area contributed by atoms with E-state index in [0.717, 1.165) is 22.7 Å². The number of methoxy groups -OCH3 is 1. The second-order valence-electron chi connectivity index (χ2n) is 4.91. The summed E-state index contributed by atoms with van der Waals surface area (Å²) in [7, 11) is 1.61. The van der Waals surface area contributed by atoms with Gasteiger partial charge in [0.1, 0.15) is 5.75 Å². The summed E-state index contributed by atoms with van der Waals surface area (Å²) in [6, 6.07) is 7.39. The molecule has 22 heavy (non-hydrogen) atoms. The minimum absolute atomic E-state index is 0.322. The van der Waals surface area contributed by atoms with E-state index >= 15 is 0 Å². The molecule has 6 nitrogen and oxygen atoms in total. The maximum Gasteiger partial charge on any atom is 0.357 e. The number of hydrogen-bond acceptors (Lipinski definition) is 5. The Kier molecular flexibility index (Phi) is 4.11. The Hall–Kier alpha value is -2.34. The zero-order chi connectivity index (χ0) is 15.5. The van der Waals surface area contributed by atoms with E-state index in [1.165, 1.54) is 0 Å². The van der Waals surface area contributed by atoms with E-state index in [0.29, 0.717) is 31.9 Å². The van der Waals surface area contributed by atoms with Crippen molar-refractivity contribution in [2.75, 3.05) is 20.3 Å². The molecule has 3 rings (SSSR count). The molecule has 1 aliphatic rings. The number of esters is 1. The van der Waals surface area contributed by atoms with Gasteiger partial charge in [0.05, 0.1) is 38.3 Å². The van der Waals surface area contributed by atoms with Gasteiger partial charge in [0.15, 0.2) is 5.69 Å². The lowest BCUT2D eigenvalue weighted by molar-refractivity contribution is 0.0506. The van der Waals surface area contributed by atoms with Gasteiger partial charge >= 0.3 is 5.97 Å². The molecule has 0 spiro atoms. The molecular weight excluding hydrogens is 284 g/mol. The summed E-state index contributed by atoms with van der Waals surface area (Å²) >= 11 is 0. The number of hydrogen-bond donors (Lipinski definition) is 0. The zero-order valence-corrected chi connectivity index (χ0v) is 12.7. The Morgan fingerprint density at radius 3 is 2.82 bits per heavy atom. The first-order valence-corrected chi connectivity index (χ1v) is 7.24. The van der Waals surface area contributed by atoms with Crippen LogP contribution in [0.25, 0.3) is 5.69 Å². The highest BCUT2D eigenvalue weighted by atomic mass is 16.5. The predicted octanol–water partition coefficient (Wildman–Crippen LogP) is 2.13. The average molecular weight is 302 g/mol. The lowest BCUT2D eigenvalue weighted by Crippen LogP contribution is -2.15. The van der Waals surface area contributed by atoms with Gasteiger partial charge in [-0.25, -0.2) is 9.48 Å².